The van der Waals surface area contributed by atoms with E-state index in [1.807, 2.05) is 51.3 Å². The molecule has 1 atom stereocenters. The Kier molecular flexibility index (Phi) is 5.61. The first-order valence-corrected chi connectivity index (χ1v) is 13.8. The first-order valence-electron chi connectivity index (χ1n) is 12.9. The van der Waals surface area contributed by atoms with E-state index in [1.165, 1.54) is 0 Å². The molecule has 2 aliphatic heterocycles. The summed E-state index contributed by atoms with van der Waals surface area (Å²) in [6.07, 6.45) is 12.3. The van der Waals surface area contributed by atoms with Crippen molar-refractivity contribution >= 4 is 39.5 Å². The molecule has 0 aromatic carbocycles. The third kappa shape index (κ3) is 3.96. The van der Waals surface area contributed by atoms with Crippen LogP contribution in [0.5, 0.6) is 0 Å². The normalized spacial score (nSPS) is 19.2. The largest absolute Gasteiger partial charge is 0.463 e. The minimum atomic E-state index is -0.0914. The smallest absolute Gasteiger partial charge is 0.273 e. The van der Waals surface area contributed by atoms with Gasteiger partial charge in [0.1, 0.15) is 5.69 Å². The number of pyridine rings is 2. The summed E-state index contributed by atoms with van der Waals surface area (Å²) in [6.45, 7) is 2.56. The molecular formula is C27H27N7O2S. The van der Waals surface area contributed by atoms with Crippen LogP contribution in [-0.2, 0) is 0 Å². The van der Waals surface area contributed by atoms with Crippen molar-refractivity contribution in [2.24, 2.45) is 0 Å². The molecule has 0 aliphatic carbocycles. The average molecular weight is 514 g/mol. The van der Waals surface area contributed by atoms with Crippen molar-refractivity contribution in [1.82, 2.24) is 29.5 Å². The molecule has 7 rings (SSSR count). The number of anilines is 1. The molecule has 2 fully saturated rings. The second-order valence-electron chi connectivity index (χ2n) is 9.82. The van der Waals surface area contributed by atoms with Gasteiger partial charge in [0, 0.05) is 42.5 Å². The van der Waals surface area contributed by atoms with Gasteiger partial charge in [-0.2, -0.15) is 0 Å². The van der Waals surface area contributed by atoms with E-state index in [9.17, 15) is 4.79 Å². The van der Waals surface area contributed by atoms with Gasteiger partial charge in [-0.05, 0) is 50.3 Å². The molecule has 9 nitrogen and oxygen atoms in total. The molecule has 37 heavy (non-hydrogen) atoms. The lowest BCUT2D eigenvalue weighted by molar-refractivity contribution is 0.0593. The van der Waals surface area contributed by atoms with Crippen molar-refractivity contribution in [2.75, 3.05) is 24.5 Å². The second kappa shape index (κ2) is 9.26. The summed E-state index contributed by atoms with van der Waals surface area (Å²) in [5.74, 6) is 1.18. The van der Waals surface area contributed by atoms with E-state index in [0.717, 1.165) is 78.3 Å². The molecule has 0 bridgehead atoms. The zero-order valence-electron chi connectivity index (χ0n) is 20.4. The van der Waals surface area contributed by atoms with Gasteiger partial charge in [-0.15, -0.1) is 21.5 Å². The molecule has 7 heterocycles. The molecule has 0 spiro atoms. The highest BCUT2D eigenvalue weighted by Gasteiger charge is 2.33. The van der Waals surface area contributed by atoms with E-state index in [1.54, 1.807) is 23.8 Å². The van der Waals surface area contributed by atoms with Crippen LogP contribution in [0.3, 0.4) is 0 Å². The highest BCUT2D eigenvalue weighted by atomic mass is 32.1. The van der Waals surface area contributed by atoms with Crippen molar-refractivity contribution in [3.8, 4) is 0 Å². The zero-order valence-corrected chi connectivity index (χ0v) is 21.2. The summed E-state index contributed by atoms with van der Waals surface area (Å²) in [4.78, 5) is 27.2. The standard InChI is InChI=1S/C27H27N7O2S/c35-27(33-10-3-1-5-21(33)25-31-30-24-6-2-4-11-34(24)25)20-17-37-26(29-20)18-7-12-32(13-8-18)22-15-28-16-23-19(22)9-14-36-23/h2,4,6,9,11,14-18,21H,1,3,5,7-8,10,12-13H2. The van der Waals surface area contributed by atoms with E-state index >= 15 is 0 Å². The van der Waals surface area contributed by atoms with Crippen molar-refractivity contribution < 1.29 is 9.21 Å². The Morgan fingerprint density at radius 1 is 1.03 bits per heavy atom. The number of piperidine rings is 2. The van der Waals surface area contributed by atoms with E-state index in [0.29, 0.717) is 18.2 Å². The lowest BCUT2D eigenvalue weighted by Gasteiger charge is -2.34. The number of likely N-dealkylation sites (tertiary alicyclic amines) is 1. The fourth-order valence-electron chi connectivity index (χ4n) is 5.75. The van der Waals surface area contributed by atoms with Crippen LogP contribution >= 0.6 is 11.3 Å². The summed E-state index contributed by atoms with van der Waals surface area (Å²) in [7, 11) is 0. The Balaban J connectivity index is 1.07. The molecule has 1 unspecified atom stereocenters. The van der Waals surface area contributed by atoms with Gasteiger partial charge in [0.2, 0.25) is 0 Å². The van der Waals surface area contributed by atoms with Gasteiger partial charge >= 0.3 is 0 Å². The lowest BCUT2D eigenvalue weighted by atomic mass is 9.97. The third-order valence-corrected chi connectivity index (χ3v) is 8.69. The number of amides is 1. The Labute approximate surface area is 217 Å². The Bertz CT molecular complexity index is 1570. The van der Waals surface area contributed by atoms with E-state index in [4.69, 9.17) is 9.40 Å². The SMILES string of the molecule is O=C(c1csc(C2CCN(c3cncc4occc34)CC2)n1)N1CCCCC1c1nnc2ccccn12. The van der Waals surface area contributed by atoms with Crippen LogP contribution in [0.4, 0.5) is 5.69 Å². The van der Waals surface area contributed by atoms with E-state index < -0.39 is 0 Å². The average Bonchev–Trinajstić information content (AvgIpc) is 3.72. The fourth-order valence-corrected chi connectivity index (χ4v) is 6.71. The van der Waals surface area contributed by atoms with Gasteiger partial charge in [0.05, 0.1) is 35.4 Å². The molecule has 0 saturated carbocycles. The third-order valence-electron chi connectivity index (χ3n) is 7.69. The zero-order chi connectivity index (χ0) is 24.8. The predicted molar refractivity (Wildman–Crippen MR) is 141 cm³/mol. The van der Waals surface area contributed by atoms with E-state index in [-0.39, 0.29) is 11.9 Å². The molecular weight excluding hydrogens is 486 g/mol. The van der Waals surface area contributed by atoms with Crippen LogP contribution in [0.15, 0.2) is 58.9 Å². The highest BCUT2D eigenvalue weighted by molar-refractivity contribution is 7.09. The Morgan fingerprint density at radius 3 is 2.86 bits per heavy atom. The number of fused-ring (bicyclic) bond motifs is 2. The molecule has 188 valence electrons. The summed E-state index contributed by atoms with van der Waals surface area (Å²) >= 11 is 1.61. The number of nitrogens with zero attached hydrogens (tertiary/aromatic N) is 7. The van der Waals surface area contributed by atoms with E-state index in [2.05, 4.69) is 20.1 Å². The molecule has 5 aromatic heterocycles. The van der Waals surface area contributed by atoms with Crippen LogP contribution in [0, 0.1) is 0 Å². The molecule has 0 radical (unpaired) electrons. The first kappa shape index (κ1) is 22.4. The fraction of sp³-hybridized carbons (Fsp3) is 0.370. The maximum absolute atomic E-state index is 13.7. The van der Waals surface area contributed by atoms with Crippen molar-refractivity contribution in [3.05, 3.63) is 71.0 Å². The Hall–Kier alpha value is -3.79. The quantitative estimate of drug-likeness (QED) is 0.331. The van der Waals surface area contributed by atoms with Crippen LogP contribution < -0.4 is 4.90 Å². The van der Waals surface area contributed by atoms with Gasteiger partial charge < -0.3 is 14.2 Å². The number of carbonyl (C=O) groups is 1. The maximum Gasteiger partial charge on any atom is 0.273 e. The number of thiazole rings is 1. The molecule has 0 N–H and O–H groups in total. The summed E-state index contributed by atoms with van der Waals surface area (Å²) < 4.78 is 7.52. The number of rotatable bonds is 4. The number of aromatic nitrogens is 5. The maximum atomic E-state index is 13.7. The molecule has 1 amide bonds. The van der Waals surface area contributed by atoms with Crippen LogP contribution in [0.2, 0.25) is 0 Å². The monoisotopic (exact) mass is 513 g/mol. The van der Waals surface area contributed by atoms with Crippen LogP contribution in [0.25, 0.3) is 16.6 Å². The number of hydrogen-bond donors (Lipinski definition) is 0. The molecule has 5 aromatic rings. The predicted octanol–water partition coefficient (Wildman–Crippen LogP) is 5.08. The van der Waals surface area contributed by atoms with Crippen molar-refractivity contribution in [2.45, 2.75) is 44.1 Å². The molecule has 2 saturated heterocycles. The van der Waals surface area contributed by atoms with Crippen molar-refractivity contribution in [3.63, 3.8) is 0 Å². The number of carbonyl (C=O) groups excluding carboxylic acids is 1. The Morgan fingerprint density at radius 2 is 1.95 bits per heavy atom. The minimum Gasteiger partial charge on any atom is -0.463 e. The van der Waals surface area contributed by atoms with Gasteiger partial charge in [-0.3, -0.25) is 14.2 Å². The summed E-state index contributed by atoms with van der Waals surface area (Å²) in [5, 5.41) is 12.9. The van der Waals surface area contributed by atoms with Gasteiger partial charge in [0.25, 0.3) is 5.91 Å². The van der Waals surface area contributed by atoms with Crippen LogP contribution in [-0.4, -0.2) is 55.0 Å². The summed E-state index contributed by atoms with van der Waals surface area (Å²) in [5.41, 5.74) is 3.29. The molecule has 2 aliphatic rings. The minimum absolute atomic E-state index is 0.00460. The lowest BCUT2D eigenvalue weighted by Crippen LogP contribution is -2.39. The number of hydrogen-bond acceptors (Lipinski definition) is 8. The van der Waals surface area contributed by atoms with Crippen LogP contribution in [0.1, 0.15) is 65.4 Å². The van der Waals surface area contributed by atoms with Gasteiger partial charge in [-0.1, -0.05) is 6.07 Å². The van der Waals surface area contributed by atoms with Crippen molar-refractivity contribution in [1.29, 1.82) is 0 Å². The highest BCUT2D eigenvalue weighted by Crippen LogP contribution is 2.36. The topological polar surface area (TPSA) is 92.7 Å². The van der Waals surface area contributed by atoms with Gasteiger partial charge in [0.15, 0.2) is 17.1 Å². The second-order valence-corrected chi connectivity index (χ2v) is 10.7. The number of furan rings is 1. The first-order chi connectivity index (χ1) is 18.3. The summed E-state index contributed by atoms with van der Waals surface area (Å²) in [6, 6.07) is 7.78. The molecule has 10 heteroatoms. The van der Waals surface area contributed by atoms with Gasteiger partial charge in [-0.25, -0.2) is 4.98 Å².